The first-order valence-electron chi connectivity index (χ1n) is 11.1. The molecule has 0 saturated carbocycles. The molecule has 0 radical (unpaired) electrons. The Labute approximate surface area is 194 Å². The van der Waals surface area contributed by atoms with Crippen LogP contribution in [0.25, 0.3) is 11.5 Å². The number of hydrogen-bond donors (Lipinski definition) is 2. The Morgan fingerprint density at radius 2 is 1.91 bits per heavy atom. The summed E-state index contributed by atoms with van der Waals surface area (Å²) in [4.78, 5) is 11.4. The lowest BCUT2D eigenvalue weighted by Gasteiger charge is -2.19. The van der Waals surface area contributed by atoms with Crippen LogP contribution in [0.15, 0.2) is 64.2 Å². The molecule has 3 aromatic rings. The van der Waals surface area contributed by atoms with E-state index in [1.807, 2.05) is 36.4 Å². The van der Waals surface area contributed by atoms with Crippen molar-refractivity contribution in [3.63, 3.8) is 0 Å². The summed E-state index contributed by atoms with van der Waals surface area (Å²) in [5.41, 5.74) is 2.97. The number of benzene rings is 2. The molecule has 1 aliphatic rings. The van der Waals surface area contributed by atoms with E-state index < -0.39 is 0 Å². The minimum absolute atomic E-state index is 0.320. The third-order valence-electron chi connectivity index (χ3n) is 5.66. The predicted molar refractivity (Wildman–Crippen MR) is 129 cm³/mol. The molecule has 1 fully saturated rings. The molecular weight excluding hydrogens is 418 g/mol. The van der Waals surface area contributed by atoms with Crippen LogP contribution in [0.3, 0.4) is 0 Å². The lowest BCUT2D eigenvalue weighted by Crippen LogP contribution is -2.44. The Balaban J connectivity index is 1.27. The van der Waals surface area contributed by atoms with Crippen LogP contribution in [-0.4, -0.2) is 56.2 Å². The number of ether oxygens (including phenoxy) is 2. The van der Waals surface area contributed by atoms with Crippen LogP contribution in [0.2, 0.25) is 0 Å². The first-order valence-corrected chi connectivity index (χ1v) is 11.1. The van der Waals surface area contributed by atoms with Gasteiger partial charge in [0.15, 0.2) is 5.96 Å². The highest BCUT2D eigenvalue weighted by atomic mass is 16.5. The van der Waals surface area contributed by atoms with E-state index in [0.29, 0.717) is 18.5 Å². The number of aliphatic imine (C=N–C) groups is 1. The van der Waals surface area contributed by atoms with Crippen molar-refractivity contribution in [2.45, 2.75) is 25.6 Å². The monoisotopic (exact) mass is 449 g/mol. The van der Waals surface area contributed by atoms with Crippen LogP contribution < -0.4 is 20.1 Å². The average molecular weight is 450 g/mol. The van der Waals surface area contributed by atoms with Crippen molar-refractivity contribution in [2.24, 2.45) is 4.99 Å². The summed E-state index contributed by atoms with van der Waals surface area (Å²) < 4.78 is 16.4. The molecule has 8 heteroatoms. The minimum atomic E-state index is 0.320. The summed E-state index contributed by atoms with van der Waals surface area (Å²) in [6, 6.07) is 16.2. The number of guanidine groups is 1. The molecule has 1 saturated heterocycles. The molecule has 1 aromatic heterocycles. The highest BCUT2D eigenvalue weighted by Gasteiger charge is 2.23. The summed E-state index contributed by atoms with van der Waals surface area (Å²) in [7, 11) is 5.13. The van der Waals surface area contributed by atoms with Crippen molar-refractivity contribution in [1.29, 1.82) is 0 Å². The van der Waals surface area contributed by atoms with E-state index in [-0.39, 0.29) is 0 Å². The van der Waals surface area contributed by atoms with Crippen LogP contribution >= 0.6 is 0 Å². The van der Waals surface area contributed by atoms with Crippen LogP contribution in [0.1, 0.15) is 17.7 Å². The van der Waals surface area contributed by atoms with Gasteiger partial charge < -0.3 is 24.5 Å². The van der Waals surface area contributed by atoms with Gasteiger partial charge >= 0.3 is 0 Å². The quantitative estimate of drug-likeness (QED) is 0.403. The molecule has 2 aromatic carbocycles. The Hall–Kier alpha value is -3.52. The van der Waals surface area contributed by atoms with Crippen LogP contribution in [0, 0.1) is 0 Å². The van der Waals surface area contributed by atoms with Crippen molar-refractivity contribution < 1.29 is 13.9 Å². The fourth-order valence-electron chi connectivity index (χ4n) is 3.97. The molecule has 33 heavy (non-hydrogen) atoms. The van der Waals surface area contributed by atoms with Gasteiger partial charge in [0.05, 0.1) is 26.5 Å². The molecule has 0 bridgehead atoms. The predicted octanol–water partition coefficient (Wildman–Crippen LogP) is 3.30. The summed E-state index contributed by atoms with van der Waals surface area (Å²) in [6.07, 6.45) is 2.73. The minimum Gasteiger partial charge on any atom is -0.497 e. The van der Waals surface area contributed by atoms with Crippen LogP contribution in [0.4, 0.5) is 0 Å². The second kappa shape index (κ2) is 10.9. The zero-order chi connectivity index (χ0) is 23.0. The van der Waals surface area contributed by atoms with Gasteiger partial charge in [-0.15, -0.1) is 0 Å². The van der Waals surface area contributed by atoms with E-state index >= 15 is 0 Å². The third kappa shape index (κ3) is 6.04. The van der Waals surface area contributed by atoms with Gasteiger partial charge in [-0.3, -0.25) is 9.89 Å². The summed E-state index contributed by atoms with van der Waals surface area (Å²) in [6.45, 7) is 3.33. The van der Waals surface area contributed by atoms with E-state index in [2.05, 4.69) is 37.6 Å². The first kappa shape index (κ1) is 22.7. The topological polar surface area (TPSA) is 84.2 Å². The summed E-state index contributed by atoms with van der Waals surface area (Å²) >= 11 is 0. The van der Waals surface area contributed by atoms with Gasteiger partial charge in [0.25, 0.3) is 0 Å². The Morgan fingerprint density at radius 3 is 2.61 bits per heavy atom. The van der Waals surface area contributed by atoms with Crippen molar-refractivity contribution >= 4 is 5.96 Å². The first-order chi connectivity index (χ1) is 16.2. The third-order valence-corrected chi connectivity index (χ3v) is 5.66. The lowest BCUT2D eigenvalue weighted by atomic mass is 10.2. The van der Waals surface area contributed by atoms with E-state index in [1.54, 1.807) is 27.5 Å². The Kier molecular flexibility index (Phi) is 7.47. The Morgan fingerprint density at radius 1 is 1.15 bits per heavy atom. The van der Waals surface area contributed by atoms with Crippen molar-refractivity contribution in [3.05, 3.63) is 66.1 Å². The van der Waals surface area contributed by atoms with Gasteiger partial charge in [0.2, 0.25) is 5.89 Å². The van der Waals surface area contributed by atoms with Crippen LogP contribution in [0.5, 0.6) is 11.5 Å². The van der Waals surface area contributed by atoms with Crippen molar-refractivity contribution in [3.8, 4) is 23.0 Å². The fraction of sp³-hybridized carbons (Fsp3) is 0.360. The van der Waals surface area contributed by atoms with Gasteiger partial charge in [0, 0.05) is 44.4 Å². The highest BCUT2D eigenvalue weighted by Crippen LogP contribution is 2.24. The molecular formula is C25H31N5O3. The van der Waals surface area contributed by atoms with E-state index in [9.17, 15) is 0 Å². The van der Waals surface area contributed by atoms with Gasteiger partial charge in [-0.25, -0.2) is 4.98 Å². The molecule has 4 rings (SSSR count). The van der Waals surface area contributed by atoms with Gasteiger partial charge in [-0.1, -0.05) is 18.2 Å². The maximum absolute atomic E-state index is 5.62. The maximum Gasteiger partial charge on any atom is 0.226 e. The number of rotatable bonds is 8. The van der Waals surface area contributed by atoms with Gasteiger partial charge in [-0.05, 0) is 36.2 Å². The van der Waals surface area contributed by atoms with Crippen LogP contribution in [-0.2, 0) is 13.1 Å². The smallest absolute Gasteiger partial charge is 0.226 e. The second-order valence-corrected chi connectivity index (χ2v) is 8.02. The molecule has 0 aliphatic carbocycles. The van der Waals surface area contributed by atoms with Gasteiger partial charge in [0.1, 0.15) is 17.8 Å². The SMILES string of the molecule is CN=C(NCc1coc(-c2ccccc2)n1)NC1CCN(Cc2cc(OC)cc(OC)c2)C1. The van der Waals surface area contributed by atoms with Crippen molar-refractivity contribution in [1.82, 2.24) is 20.5 Å². The lowest BCUT2D eigenvalue weighted by molar-refractivity contribution is 0.321. The molecule has 1 atom stereocenters. The molecule has 1 unspecified atom stereocenters. The molecule has 2 heterocycles. The van der Waals surface area contributed by atoms with E-state index in [4.69, 9.17) is 13.9 Å². The summed E-state index contributed by atoms with van der Waals surface area (Å²) in [5, 5.41) is 6.86. The molecule has 1 aliphatic heterocycles. The standard InChI is InChI=1S/C25H31N5O3/c1-26-25(27-14-21-17-33-24(28-21)19-7-5-4-6-8-19)29-20-9-10-30(16-20)15-18-11-22(31-2)13-23(12-18)32-3/h4-8,11-13,17,20H,9-10,14-16H2,1-3H3,(H2,26,27,29). The number of hydrogen-bond acceptors (Lipinski definition) is 6. The molecule has 174 valence electrons. The number of nitrogens with one attached hydrogen (secondary N) is 2. The average Bonchev–Trinajstić information content (AvgIpc) is 3.51. The van der Waals surface area contributed by atoms with E-state index in [0.717, 1.165) is 54.8 Å². The largest absolute Gasteiger partial charge is 0.497 e. The second-order valence-electron chi connectivity index (χ2n) is 8.02. The molecule has 0 spiro atoms. The summed E-state index contributed by atoms with van der Waals surface area (Å²) in [5.74, 6) is 3.00. The molecule has 0 amide bonds. The highest BCUT2D eigenvalue weighted by molar-refractivity contribution is 5.80. The fourth-order valence-corrected chi connectivity index (χ4v) is 3.97. The number of nitrogens with zero attached hydrogens (tertiary/aromatic N) is 3. The number of aromatic nitrogens is 1. The zero-order valence-corrected chi connectivity index (χ0v) is 19.4. The zero-order valence-electron chi connectivity index (χ0n) is 19.4. The number of oxazole rings is 1. The molecule has 2 N–H and O–H groups in total. The number of likely N-dealkylation sites (tertiary alicyclic amines) is 1. The van der Waals surface area contributed by atoms with Gasteiger partial charge in [-0.2, -0.15) is 0 Å². The normalized spacial score (nSPS) is 16.6. The van der Waals surface area contributed by atoms with Crippen molar-refractivity contribution in [2.75, 3.05) is 34.4 Å². The Bertz CT molecular complexity index is 1040. The number of methoxy groups -OCH3 is 2. The molecule has 8 nitrogen and oxygen atoms in total. The maximum atomic E-state index is 5.62. The van der Waals surface area contributed by atoms with E-state index in [1.165, 1.54) is 5.56 Å².